The second-order valence-corrected chi connectivity index (χ2v) is 7.48. The number of hydrogen-bond donors (Lipinski definition) is 0. The van der Waals surface area contributed by atoms with E-state index < -0.39 is 0 Å². The average Bonchev–Trinajstić information content (AvgIpc) is 3.17. The molecule has 0 aliphatic heterocycles. The SMILES string of the molecule is COc1ccc(-c2nnc(SCc3ccccc3F)n2-c2ccccc2C)cc1. The standard InChI is InChI=1S/C23H20FN3OS/c1-16-7-3-6-10-21(16)27-22(17-11-13-19(28-2)14-12-17)25-26-23(27)29-15-18-8-4-5-9-20(18)24/h3-14H,15H2,1-2H3. The summed E-state index contributed by atoms with van der Waals surface area (Å²) < 4.78 is 21.3. The summed E-state index contributed by atoms with van der Waals surface area (Å²) in [5.41, 5.74) is 3.68. The molecule has 1 heterocycles. The van der Waals surface area contributed by atoms with Crippen LogP contribution in [0.15, 0.2) is 78.0 Å². The molecule has 0 amide bonds. The molecule has 0 aliphatic rings. The van der Waals surface area contributed by atoms with Gasteiger partial charge in [-0.3, -0.25) is 4.57 Å². The zero-order valence-corrected chi connectivity index (χ0v) is 17.0. The zero-order valence-electron chi connectivity index (χ0n) is 16.2. The van der Waals surface area contributed by atoms with E-state index in [0.717, 1.165) is 28.4 Å². The molecule has 0 radical (unpaired) electrons. The lowest BCUT2D eigenvalue weighted by Crippen LogP contribution is -2.02. The first kappa shape index (κ1) is 19.2. The van der Waals surface area contributed by atoms with Gasteiger partial charge in [0.2, 0.25) is 0 Å². The first-order valence-corrected chi connectivity index (χ1v) is 10.2. The summed E-state index contributed by atoms with van der Waals surface area (Å²) in [5, 5.41) is 9.59. The average molecular weight is 405 g/mol. The van der Waals surface area contributed by atoms with Crippen LogP contribution in [0.4, 0.5) is 4.39 Å². The van der Waals surface area contributed by atoms with Crippen molar-refractivity contribution in [2.24, 2.45) is 0 Å². The fraction of sp³-hybridized carbons (Fsp3) is 0.130. The summed E-state index contributed by atoms with van der Waals surface area (Å²) in [4.78, 5) is 0. The number of halogens is 1. The molecule has 0 fully saturated rings. The lowest BCUT2D eigenvalue weighted by molar-refractivity contribution is 0.415. The van der Waals surface area contributed by atoms with Crippen molar-refractivity contribution in [3.8, 4) is 22.8 Å². The van der Waals surface area contributed by atoms with Gasteiger partial charge in [0.15, 0.2) is 11.0 Å². The maximum Gasteiger partial charge on any atom is 0.196 e. The molecule has 0 atom stereocenters. The van der Waals surface area contributed by atoms with Crippen molar-refractivity contribution < 1.29 is 9.13 Å². The quantitative estimate of drug-likeness (QED) is 0.387. The Balaban J connectivity index is 1.76. The van der Waals surface area contributed by atoms with Crippen LogP contribution in [0.2, 0.25) is 0 Å². The molecule has 0 bridgehead atoms. The predicted octanol–water partition coefficient (Wildman–Crippen LogP) is 5.68. The largest absolute Gasteiger partial charge is 0.497 e. The fourth-order valence-corrected chi connectivity index (χ4v) is 4.01. The molecule has 3 aromatic carbocycles. The van der Waals surface area contributed by atoms with Gasteiger partial charge in [0, 0.05) is 11.3 Å². The van der Waals surface area contributed by atoms with Crippen molar-refractivity contribution in [3.63, 3.8) is 0 Å². The van der Waals surface area contributed by atoms with Gasteiger partial charge < -0.3 is 4.74 Å². The van der Waals surface area contributed by atoms with Gasteiger partial charge in [-0.2, -0.15) is 0 Å². The summed E-state index contributed by atoms with van der Waals surface area (Å²) in [6.45, 7) is 2.05. The summed E-state index contributed by atoms with van der Waals surface area (Å²) in [6.07, 6.45) is 0. The highest BCUT2D eigenvalue weighted by Gasteiger charge is 2.18. The Bertz CT molecular complexity index is 1130. The van der Waals surface area contributed by atoms with Gasteiger partial charge in [-0.15, -0.1) is 10.2 Å². The van der Waals surface area contributed by atoms with E-state index in [4.69, 9.17) is 4.74 Å². The lowest BCUT2D eigenvalue weighted by Gasteiger charge is -2.13. The van der Waals surface area contributed by atoms with E-state index in [1.807, 2.05) is 53.1 Å². The van der Waals surface area contributed by atoms with Gasteiger partial charge in [-0.25, -0.2) is 4.39 Å². The van der Waals surface area contributed by atoms with E-state index in [9.17, 15) is 4.39 Å². The Morgan fingerprint density at radius 1 is 0.931 bits per heavy atom. The maximum absolute atomic E-state index is 14.1. The molecule has 146 valence electrons. The van der Waals surface area contributed by atoms with Gasteiger partial charge in [-0.1, -0.05) is 48.2 Å². The smallest absolute Gasteiger partial charge is 0.196 e. The molecule has 1 aromatic heterocycles. The molecule has 4 nitrogen and oxygen atoms in total. The highest BCUT2D eigenvalue weighted by atomic mass is 32.2. The number of aromatic nitrogens is 3. The number of para-hydroxylation sites is 1. The normalized spacial score (nSPS) is 10.9. The minimum Gasteiger partial charge on any atom is -0.497 e. The molecular formula is C23H20FN3OS. The fourth-order valence-electron chi connectivity index (χ4n) is 3.08. The van der Waals surface area contributed by atoms with Crippen LogP contribution >= 0.6 is 11.8 Å². The highest BCUT2D eigenvalue weighted by Crippen LogP contribution is 2.32. The van der Waals surface area contributed by atoms with E-state index >= 15 is 0 Å². The van der Waals surface area contributed by atoms with Crippen molar-refractivity contribution in [3.05, 3.63) is 89.7 Å². The Morgan fingerprint density at radius 3 is 2.38 bits per heavy atom. The molecule has 4 rings (SSSR count). The van der Waals surface area contributed by atoms with Crippen LogP contribution in [0.3, 0.4) is 0 Å². The molecule has 0 unspecified atom stereocenters. The Morgan fingerprint density at radius 2 is 1.66 bits per heavy atom. The van der Waals surface area contributed by atoms with Crippen LogP contribution in [-0.2, 0) is 5.75 Å². The highest BCUT2D eigenvalue weighted by molar-refractivity contribution is 7.98. The second kappa shape index (κ2) is 8.49. The minimum absolute atomic E-state index is 0.211. The number of hydrogen-bond acceptors (Lipinski definition) is 4. The van der Waals surface area contributed by atoms with E-state index in [2.05, 4.69) is 23.2 Å². The van der Waals surface area contributed by atoms with Gasteiger partial charge in [0.25, 0.3) is 0 Å². The van der Waals surface area contributed by atoms with Crippen molar-refractivity contribution in [2.45, 2.75) is 17.8 Å². The van der Waals surface area contributed by atoms with Gasteiger partial charge in [0.1, 0.15) is 11.6 Å². The molecule has 0 saturated carbocycles. The summed E-state index contributed by atoms with van der Waals surface area (Å²) in [7, 11) is 1.64. The third-order valence-electron chi connectivity index (χ3n) is 4.65. The van der Waals surface area contributed by atoms with E-state index in [1.54, 1.807) is 19.2 Å². The Kier molecular flexibility index (Phi) is 5.62. The van der Waals surface area contributed by atoms with Gasteiger partial charge in [0.05, 0.1) is 12.8 Å². The molecule has 4 aromatic rings. The molecular weight excluding hydrogens is 385 g/mol. The number of aryl methyl sites for hydroxylation is 1. The summed E-state index contributed by atoms with van der Waals surface area (Å²) >= 11 is 1.47. The number of thioether (sulfide) groups is 1. The van der Waals surface area contributed by atoms with Crippen molar-refractivity contribution in [2.75, 3.05) is 7.11 Å². The molecule has 0 N–H and O–H groups in total. The predicted molar refractivity (Wildman–Crippen MR) is 114 cm³/mol. The molecule has 6 heteroatoms. The van der Waals surface area contributed by atoms with Crippen molar-refractivity contribution in [1.82, 2.24) is 14.8 Å². The summed E-state index contributed by atoms with van der Waals surface area (Å²) in [5.74, 6) is 1.78. The van der Waals surface area contributed by atoms with E-state index in [-0.39, 0.29) is 5.82 Å². The third kappa shape index (κ3) is 4.03. The van der Waals surface area contributed by atoms with Crippen LogP contribution in [0.25, 0.3) is 17.1 Å². The maximum atomic E-state index is 14.1. The van der Waals surface area contributed by atoms with Crippen LogP contribution < -0.4 is 4.74 Å². The number of rotatable bonds is 6. The molecule has 0 aliphatic carbocycles. The Labute approximate surface area is 173 Å². The third-order valence-corrected chi connectivity index (χ3v) is 5.63. The van der Waals surface area contributed by atoms with Gasteiger partial charge in [-0.05, 0) is 54.4 Å². The first-order valence-electron chi connectivity index (χ1n) is 9.19. The summed E-state index contributed by atoms with van der Waals surface area (Å²) in [6, 6.07) is 22.6. The van der Waals surface area contributed by atoms with Crippen LogP contribution in [0.5, 0.6) is 5.75 Å². The van der Waals surface area contributed by atoms with Crippen molar-refractivity contribution >= 4 is 11.8 Å². The van der Waals surface area contributed by atoms with Crippen LogP contribution in [-0.4, -0.2) is 21.9 Å². The minimum atomic E-state index is -0.211. The molecule has 0 spiro atoms. The number of ether oxygens (including phenoxy) is 1. The monoisotopic (exact) mass is 405 g/mol. The number of benzene rings is 3. The topological polar surface area (TPSA) is 39.9 Å². The number of nitrogens with zero attached hydrogens (tertiary/aromatic N) is 3. The zero-order chi connectivity index (χ0) is 20.2. The first-order chi connectivity index (χ1) is 14.2. The second-order valence-electron chi connectivity index (χ2n) is 6.54. The number of methoxy groups -OCH3 is 1. The lowest BCUT2D eigenvalue weighted by atomic mass is 10.1. The molecule has 0 saturated heterocycles. The van der Waals surface area contributed by atoms with Crippen LogP contribution in [0, 0.1) is 12.7 Å². The molecule has 29 heavy (non-hydrogen) atoms. The van der Waals surface area contributed by atoms with E-state index in [1.165, 1.54) is 17.8 Å². The van der Waals surface area contributed by atoms with E-state index in [0.29, 0.717) is 16.5 Å². The van der Waals surface area contributed by atoms with Gasteiger partial charge >= 0.3 is 0 Å². The Hall–Kier alpha value is -3.12. The van der Waals surface area contributed by atoms with Crippen molar-refractivity contribution in [1.29, 1.82) is 0 Å². The van der Waals surface area contributed by atoms with Crippen LogP contribution in [0.1, 0.15) is 11.1 Å².